The minimum absolute atomic E-state index is 0.571. The fraction of sp³-hybridized carbons (Fsp3) is 0.133. The van der Waals surface area contributed by atoms with E-state index in [4.69, 9.17) is 0 Å². The molecule has 0 saturated heterocycles. The van der Waals surface area contributed by atoms with E-state index in [0.29, 0.717) is 11.5 Å². The molecule has 3 aromatic rings. The highest BCUT2D eigenvalue weighted by Gasteiger charge is 2.15. The van der Waals surface area contributed by atoms with Crippen molar-refractivity contribution < 1.29 is 0 Å². The first-order valence-electron chi connectivity index (χ1n) is 6.40. The molecule has 6 heteroatoms. The van der Waals surface area contributed by atoms with Crippen LogP contribution in [0.5, 0.6) is 0 Å². The summed E-state index contributed by atoms with van der Waals surface area (Å²) in [5.74, 6) is 1.36. The van der Waals surface area contributed by atoms with Gasteiger partial charge in [-0.2, -0.15) is 10.2 Å². The molecule has 0 spiro atoms. The van der Waals surface area contributed by atoms with Gasteiger partial charge in [0.2, 0.25) is 5.95 Å². The predicted molar refractivity (Wildman–Crippen MR) is 86.2 cm³/mol. The SMILES string of the molecule is CNc1nc(N(C)c2ccccc2C#N)c2ccsc2n1. The summed E-state index contributed by atoms with van der Waals surface area (Å²) in [6, 6.07) is 11.7. The molecule has 1 N–H and O–H groups in total. The van der Waals surface area contributed by atoms with E-state index in [2.05, 4.69) is 21.4 Å². The molecule has 0 bridgehead atoms. The second-order valence-corrected chi connectivity index (χ2v) is 5.34. The number of anilines is 3. The second-order valence-electron chi connectivity index (χ2n) is 4.45. The number of nitrogens with zero attached hydrogens (tertiary/aromatic N) is 4. The Balaban J connectivity index is 2.19. The van der Waals surface area contributed by atoms with Crippen LogP contribution < -0.4 is 10.2 Å². The van der Waals surface area contributed by atoms with Gasteiger partial charge in [-0.05, 0) is 23.6 Å². The number of rotatable bonds is 3. The molecule has 0 aliphatic carbocycles. The minimum atomic E-state index is 0.571. The highest BCUT2D eigenvalue weighted by molar-refractivity contribution is 7.16. The van der Waals surface area contributed by atoms with Crippen LogP contribution in [0, 0.1) is 11.3 Å². The molecule has 21 heavy (non-hydrogen) atoms. The lowest BCUT2D eigenvalue weighted by Crippen LogP contribution is -2.14. The molecule has 3 rings (SSSR count). The summed E-state index contributed by atoms with van der Waals surface area (Å²) in [5, 5.41) is 15.2. The summed E-state index contributed by atoms with van der Waals surface area (Å²) in [6.07, 6.45) is 0. The Morgan fingerprint density at radius 3 is 2.81 bits per heavy atom. The molecule has 104 valence electrons. The van der Waals surface area contributed by atoms with Crippen LogP contribution >= 0.6 is 11.3 Å². The summed E-state index contributed by atoms with van der Waals surface area (Å²) >= 11 is 1.57. The van der Waals surface area contributed by atoms with Gasteiger partial charge in [-0.3, -0.25) is 0 Å². The Morgan fingerprint density at radius 1 is 1.24 bits per heavy atom. The maximum atomic E-state index is 9.27. The number of fused-ring (bicyclic) bond motifs is 1. The first-order chi connectivity index (χ1) is 10.2. The van der Waals surface area contributed by atoms with E-state index in [1.54, 1.807) is 24.5 Å². The van der Waals surface area contributed by atoms with Gasteiger partial charge in [0, 0.05) is 14.1 Å². The molecule has 0 amide bonds. The fourth-order valence-corrected chi connectivity index (χ4v) is 2.94. The van der Waals surface area contributed by atoms with Gasteiger partial charge in [-0.15, -0.1) is 11.3 Å². The van der Waals surface area contributed by atoms with Gasteiger partial charge in [0.05, 0.1) is 16.6 Å². The van der Waals surface area contributed by atoms with Crippen molar-refractivity contribution in [2.24, 2.45) is 0 Å². The predicted octanol–water partition coefficient (Wildman–Crippen LogP) is 3.37. The molecule has 0 radical (unpaired) electrons. The summed E-state index contributed by atoms with van der Waals surface area (Å²) < 4.78 is 0. The normalized spacial score (nSPS) is 10.3. The van der Waals surface area contributed by atoms with E-state index in [1.807, 2.05) is 41.6 Å². The van der Waals surface area contributed by atoms with Crippen molar-refractivity contribution in [3.8, 4) is 6.07 Å². The molecule has 0 atom stereocenters. The summed E-state index contributed by atoms with van der Waals surface area (Å²) in [5.41, 5.74) is 1.45. The Kier molecular flexibility index (Phi) is 3.42. The zero-order valence-corrected chi connectivity index (χ0v) is 12.5. The van der Waals surface area contributed by atoms with Crippen LogP contribution in [0.4, 0.5) is 17.5 Å². The molecule has 0 aliphatic rings. The van der Waals surface area contributed by atoms with Crippen molar-refractivity contribution in [1.82, 2.24) is 9.97 Å². The number of para-hydroxylation sites is 1. The first-order valence-corrected chi connectivity index (χ1v) is 7.28. The number of aromatic nitrogens is 2. The topological polar surface area (TPSA) is 64.8 Å². The number of nitrogens with one attached hydrogen (secondary N) is 1. The van der Waals surface area contributed by atoms with Crippen molar-refractivity contribution in [2.75, 3.05) is 24.3 Å². The monoisotopic (exact) mass is 295 g/mol. The van der Waals surface area contributed by atoms with Gasteiger partial charge in [-0.25, -0.2) is 4.98 Å². The Labute approximate surface area is 126 Å². The van der Waals surface area contributed by atoms with E-state index in [1.165, 1.54) is 0 Å². The first kappa shape index (κ1) is 13.3. The van der Waals surface area contributed by atoms with Crippen LogP contribution in [0.25, 0.3) is 10.2 Å². The molecule has 0 saturated carbocycles. The van der Waals surface area contributed by atoms with Gasteiger partial charge in [0.1, 0.15) is 16.7 Å². The summed E-state index contributed by atoms with van der Waals surface area (Å²) in [4.78, 5) is 11.8. The van der Waals surface area contributed by atoms with Gasteiger partial charge in [0.15, 0.2) is 0 Å². The summed E-state index contributed by atoms with van der Waals surface area (Å²) in [7, 11) is 3.71. The zero-order chi connectivity index (χ0) is 14.8. The maximum Gasteiger partial charge on any atom is 0.225 e. The second kappa shape index (κ2) is 5.38. The van der Waals surface area contributed by atoms with Crippen LogP contribution in [0.15, 0.2) is 35.7 Å². The smallest absolute Gasteiger partial charge is 0.225 e. The molecule has 0 fully saturated rings. The molecule has 1 aromatic carbocycles. The van der Waals surface area contributed by atoms with Gasteiger partial charge < -0.3 is 10.2 Å². The van der Waals surface area contributed by atoms with Crippen LogP contribution in [-0.2, 0) is 0 Å². The molecule has 2 heterocycles. The van der Waals surface area contributed by atoms with Crippen molar-refractivity contribution in [1.29, 1.82) is 5.26 Å². The van der Waals surface area contributed by atoms with E-state index in [0.717, 1.165) is 21.7 Å². The summed E-state index contributed by atoms with van der Waals surface area (Å²) in [6.45, 7) is 0. The molecule has 5 nitrogen and oxygen atoms in total. The number of hydrogen-bond donors (Lipinski definition) is 1. The molecular weight excluding hydrogens is 282 g/mol. The van der Waals surface area contributed by atoms with Crippen LogP contribution in [0.2, 0.25) is 0 Å². The zero-order valence-electron chi connectivity index (χ0n) is 11.7. The lowest BCUT2D eigenvalue weighted by Gasteiger charge is -2.20. The number of nitriles is 1. The Bertz CT molecular complexity index is 833. The van der Waals surface area contributed by atoms with Crippen molar-refractivity contribution >= 4 is 39.0 Å². The highest BCUT2D eigenvalue weighted by Crippen LogP contribution is 2.33. The van der Waals surface area contributed by atoms with Crippen LogP contribution in [0.3, 0.4) is 0 Å². The van der Waals surface area contributed by atoms with Gasteiger partial charge in [-0.1, -0.05) is 12.1 Å². The van der Waals surface area contributed by atoms with Crippen molar-refractivity contribution in [2.45, 2.75) is 0 Å². The third-order valence-electron chi connectivity index (χ3n) is 3.23. The Hall–Kier alpha value is -2.65. The fourth-order valence-electron chi connectivity index (χ4n) is 2.18. The van der Waals surface area contributed by atoms with Crippen molar-refractivity contribution in [3.63, 3.8) is 0 Å². The Morgan fingerprint density at radius 2 is 2.05 bits per heavy atom. The van der Waals surface area contributed by atoms with Crippen LogP contribution in [-0.4, -0.2) is 24.1 Å². The largest absolute Gasteiger partial charge is 0.357 e. The van der Waals surface area contributed by atoms with E-state index in [-0.39, 0.29) is 0 Å². The molecular formula is C15H13N5S. The van der Waals surface area contributed by atoms with Gasteiger partial charge >= 0.3 is 0 Å². The highest BCUT2D eigenvalue weighted by atomic mass is 32.1. The van der Waals surface area contributed by atoms with Gasteiger partial charge in [0.25, 0.3) is 0 Å². The quantitative estimate of drug-likeness (QED) is 0.802. The average molecular weight is 295 g/mol. The third-order valence-corrected chi connectivity index (χ3v) is 4.04. The standard InChI is InChI=1S/C15H13N5S/c1-17-15-18-13(11-7-8-21-14(11)19-15)20(2)12-6-4-3-5-10(12)9-16/h3-8H,1-2H3,(H,17,18,19). The number of hydrogen-bond acceptors (Lipinski definition) is 6. The molecule has 0 aliphatic heterocycles. The number of thiophene rings is 1. The van der Waals surface area contributed by atoms with Crippen molar-refractivity contribution in [3.05, 3.63) is 41.3 Å². The molecule has 0 unspecified atom stereocenters. The number of benzene rings is 1. The molecule has 2 aromatic heterocycles. The van der Waals surface area contributed by atoms with E-state index >= 15 is 0 Å². The van der Waals surface area contributed by atoms with E-state index < -0.39 is 0 Å². The van der Waals surface area contributed by atoms with E-state index in [9.17, 15) is 5.26 Å². The van der Waals surface area contributed by atoms with Crippen LogP contribution in [0.1, 0.15) is 5.56 Å². The lowest BCUT2D eigenvalue weighted by atomic mass is 10.2. The lowest BCUT2D eigenvalue weighted by molar-refractivity contribution is 1.11. The average Bonchev–Trinajstić information content (AvgIpc) is 3.01. The maximum absolute atomic E-state index is 9.27. The third kappa shape index (κ3) is 2.28. The minimum Gasteiger partial charge on any atom is -0.357 e.